The van der Waals surface area contributed by atoms with Crippen LogP contribution in [0.25, 0.3) is 5.65 Å². The molecule has 0 spiro atoms. The molecule has 0 aliphatic carbocycles. The lowest BCUT2D eigenvalue weighted by Crippen LogP contribution is -2.25. The molecular weight excluding hydrogens is 234 g/mol. The number of aromatic nitrogens is 2. The van der Waals surface area contributed by atoms with Gasteiger partial charge >= 0.3 is 0 Å². The highest BCUT2D eigenvalue weighted by Crippen LogP contribution is 2.19. The predicted octanol–water partition coefficient (Wildman–Crippen LogP) is 1.36. The second-order valence-corrected chi connectivity index (χ2v) is 5.04. The van der Waals surface area contributed by atoms with Crippen LogP contribution in [0.5, 0.6) is 0 Å². The predicted molar refractivity (Wildman–Crippen MR) is 68.0 cm³/mol. The van der Waals surface area contributed by atoms with Crippen LogP contribution in [-0.2, 0) is 11.3 Å². The van der Waals surface area contributed by atoms with E-state index in [9.17, 15) is 4.79 Å². The molecule has 1 fully saturated rings. The van der Waals surface area contributed by atoms with Crippen LogP contribution in [0.2, 0.25) is 0 Å². The summed E-state index contributed by atoms with van der Waals surface area (Å²) >= 11 is 4.35. The fraction of sp³-hybridized carbons (Fsp3) is 0.333. The molecule has 4 nitrogen and oxygen atoms in total. The van der Waals surface area contributed by atoms with E-state index in [0.717, 1.165) is 17.9 Å². The van der Waals surface area contributed by atoms with Gasteiger partial charge in [0.2, 0.25) is 5.91 Å². The topological polar surface area (TPSA) is 37.6 Å². The molecule has 1 saturated heterocycles. The van der Waals surface area contributed by atoms with Crippen molar-refractivity contribution in [3.05, 3.63) is 36.3 Å². The Balaban J connectivity index is 1.88. The molecule has 2 aromatic heterocycles. The van der Waals surface area contributed by atoms with Gasteiger partial charge in [0.1, 0.15) is 5.65 Å². The molecule has 0 radical (unpaired) electrons. The minimum Gasteiger partial charge on any atom is -0.336 e. The van der Waals surface area contributed by atoms with Crippen molar-refractivity contribution in [2.75, 3.05) is 6.54 Å². The first-order valence-corrected chi connectivity index (χ1v) is 6.12. The molecule has 1 amide bonds. The third-order valence-corrected chi connectivity index (χ3v) is 3.39. The third-order valence-electron chi connectivity index (χ3n) is 3.04. The van der Waals surface area contributed by atoms with E-state index in [1.165, 1.54) is 0 Å². The highest BCUT2D eigenvalue weighted by molar-refractivity contribution is 7.81. The molecule has 17 heavy (non-hydrogen) atoms. The molecule has 2 aromatic rings. The van der Waals surface area contributed by atoms with Crippen LogP contribution in [-0.4, -0.2) is 32.0 Å². The first kappa shape index (κ1) is 10.7. The molecule has 0 saturated carbocycles. The minimum absolute atomic E-state index is 0.168. The first-order valence-electron chi connectivity index (χ1n) is 5.61. The number of carbonyl (C=O) groups is 1. The zero-order chi connectivity index (χ0) is 11.8. The average Bonchev–Trinajstić information content (AvgIpc) is 2.85. The number of rotatable bonds is 2. The number of amides is 1. The zero-order valence-electron chi connectivity index (χ0n) is 9.28. The summed E-state index contributed by atoms with van der Waals surface area (Å²) in [6, 6.07) is 5.87. The Kier molecular flexibility index (Phi) is 2.55. The van der Waals surface area contributed by atoms with Crippen LogP contribution in [0.4, 0.5) is 0 Å². The molecule has 0 bridgehead atoms. The molecule has 5 heteroatoms. The van der Waals surface area contributed by atoms with Crippen molar-refractivity contribution in [3.8, 4) is 0 Å². The molecule has 3 rings (SSSR count). The number of nitrogens with zero attached hydrogens (tertiary/aromatic N) is 3. The van der Waals surface area contributed by atoms with Crippen molar-refractivity contribution in [3.63, 3.8) is 0 Å². The van der Waals surface area contributed by atoms with Gasteiger partial charge in [0.25, 0.3) is 0 Å². The number of carbonyl (C=O) groups excluding carboxylic acids is 1. The van der Waals surface area contributed by atoms with Gasteiger partial charge in [-0.05, 0) is 12.1 Å². The molecular formula is C12H13N3OS. The van der Waals surface area contributed by atoms with Crippen LogP contribution in [0.1, 0.15) is 12.1 Å². The number of likely N-dealkylation sites (tertiary alicyclic amines) is 1. The Hall–Kier alpha value is -1.49. The van der Waals surface area contributed by atoms with Crippen LogP contribution >= 0.6 is 12.6 Å². The van der Waals surface area contributed by atoms with E-state index in [1.807, 2.05) is 39.9 Å². The number of imidazole rings is 1. The Morgan fingerprint density at radius 2 is 2.35 bits per heavy atom. The van der Waals surface area contributed by atoms with E-state index in [4.69, 9.17) is 0 Å². The lowest BCUT2D eigenvalue weighted by Gasteiger charge is -2.15. The standard InChI is InChI=1S/C12H13N3OS/c16-12-5-10(17)8-14(12)7-9-6-13-11-3-1-2-4-15(9)11/h1-4,6,10,17H,5,7-8H2. The second-order valence-electron chi connectivity index (χ2n) is 4.31. The summed E-state index contributed by atoms with van der Waals surface area (Å²) in [4.78, 5) is 17.8. The smallest absolute Gasteiger partial charge is 0.224 e. The van der Waals surface area contributed by atoms with E-state index in [2.05, 4.69) is 17.6 Å². The van der Waals surface area contributed by atoms with Gasteiger partial charge in [-0.3, -0.25) is 4.79 Å². The number of fused-ring (bicyclic) bond motifs is 1. The first-order chi connectivity index (χ1) is 8.24. The van der Waals surface area contributed by atoms with Crippen molar-refractivity contribution in [1.29, 1.82) is 0 Å². The van der Waals surface area contributed by atoms with Gasteiger partial charge in [0.05, 0.1) is 18.4 Å². The van der Waals surface area contributed by atoms with Gasteiger partial charge in [-0.2, -0.15) is 12.6 Å². The molecule has 3 heterocycles. The summed E-state index contributed by atoms with van der Waals surface area (Å²) < 4.78 is 2.01. The lowest BCUT2D eigenvalue weighted by molar-refractivity contribution is -0.128. The van der Waals surface area contributed by atoms with Crippen molar-refractivity contribution in [2.24, 2.45) is 0 Å². The van der Waals surface area contributed by atoms with Gasteiger partial charge < -0.3 is 9.30 Å². The monoisotopic (exact) mass is 247 g/mol. The molecule has 1 aliphatic heterocycles. The third kappa shape index (κ3) is 1.91. The van der Waals surface area contributed by atoms with Crippen LogP contribution < -0.4 is 0 Å². The fourth-order valence-corrected chi connectivity index (χ4v) is 2.56. The van der Waals surface area contributed by atoms with Gasteiger partial charge in [0, 0.05) is 24.4 Å². The zero-order valence-corrected chi connectivity index (χ0v) is 10.2. The van der Waals surface area contributed by atoms with Crippen molar-refractivity contribution >= 4 is 24.2 Å². The summed E-state index contributed by atoms with van der Waals surface area (Å²) in [7, 11) is 0. The summed E-state index contributed by atoms with van der Waals surface area (Å²) in [6.07, 6.45) is 4.34. The second kappa shape index (κ2) is 4.07. The van der Waals surface area contributed by atoms with E-state index in [1.54, 1.807) is 0 Å². The molecule has 88 valence electrons. The molecule has 0 aromatic carbocycles. The Morgan fingerprint density at radius 3 is 3.12 bits per heavy atom. The summed E-state index contributed by atoms with van der Waals surface area (Å²) in [6.45, 7) is 1.34. The quantitative estimate of drug-likeness (QED) is 0.814. The normalized spacial score (nSPS) is 20.4. The van der Waals surface area contributed by atoms with Gasteiger partial charge in [-0.25, -0.2) is 4.98 Å². The maximum atomic E-state index is 11.7. The number of hydrogen-bond acceptors (Lipinski definition) is 3. The number of pyridine rings is 1. The fourth-order valence-electron chi connectivity index (χ4n) is 2.20. The van der Waals surface area contributed by atoms with Crippen molar-refractivity contribution in [1.82, 2.24) is 14.3 Å². The highest BCUT2D eigenvalue weighted by Gasteiger charge is 2.27. The maximum Gasteiger partial charge on any atom is 0.224 e. The SMILES string of the molecule is O=C1CC(S)CN1Cc1cnc2ccccn12. The summed E-state index contributed by atoms with van der Waals surface area (Å²) in [5.74, 6) is 0.177. The van der Waals surface area contributed by atoms with E-state index in [0.29, 0.717) is 13.0 Å². The molecule has 0 N–H and O–H groups in total. The van der Waals surface area contributed by atoms with Crippen LogP contribution in [0, 0.1) is 0 Å². The van der Waals surface area contributed by atoms with Gasteiger partial charge in [-0.1, -0.05) is 6.07 Å². The molecule has 1 atom stereocenters. The van der Waals surface area contributed by atoms with Crippen LogP contribution in [0.3, 0.4) is 0 Å². The van der Waals surface area contributed by atoms with E-state index >= 15 is 0 Å². The highest BCUT2D eigenvalue weighted by atomic mass is 32.1. The Labute approximate surface area is 105 Å². The van der Waals surface area contributed by atoms with Gasteiger partial charge in [0.15, 0.2) is 0 Å². The number of hydrogen-bond donors (Lipinski definition) is 1. The largest absolute Gasteiger partial charge is 0.336 e. The van der Waals surface area contributed by atoms with E-state index < -0.39 is 0 Å². The Bertz CT molecular complexity index is 566. The van der Waals surface area contributed by atoms with Gasteiger partial charge in [-0.15, -0.1) is 0 Å². The van der Waals surface area contributed by atoms with Crippen molar-refractivity contribution in [2.45, 2.75) is 18.2 Å². The summed E-state index contributed by atoms with van der Waals surface area (Å²) in [5.41, 5.74) is 1.95. The maximum absolute atomic E-state index is 11.7. The molecule has 1 aliphatic rings. The number of thiol groups is 1. The average molecular weight is 247 g/mol. The van der Waals surface area contributed by atoms with E-state index in [-0.39, 0.29) is 11.2 Å². The Morgan fingerprint density at radius 1 is 1.47 bits per heavy atom. The lowest BCUT2D eigenvalue weighted by atomic mass is 10.4. The molecule has 1 unspecified atom stereocenters. The van der Waals surface area contributed by atoms with Crippen molar-refractivity contribution < 1.29 is 4.79 Å². The van der Waals surface area contributed by atoms with Crippen LogP contribution in [0.15, 0.2) is 30.6 Å². The summed E-state index contributed by atoms with van der Waals surface area (Å²) in [5, 5.41) is 0.168. The minimum atomic E-state index is 0.168.